The highest BCUT2D eigenvalue weighted by Gasteiger charge is 2.09. The predicted octanol–water partition coefficient (Wildman–Crippen LogP) is 2.57. The van der Waals surface area contributed by atoms with Gasteiger partial charge in [-0.15, -0.1) is 0 Å². The van der Waals surface area contributed by atoms with E-state index in [4.69, 9.17) is 0 Å². The summed E-state index contributed by atoms with van der Waals surface area (Å²) in [5.74, 6) is 0. The molecule has 0 saturated carbocycles. The normalized spacial score (nSPS) is 11.2. The Bertz CT molecular complexity index is 810. The number of rotatable bonds is 3. The summed E-state index contributed by atoms with van der Waals surface area (Å²) >= 11 is 3.51. The van der Waals surface area contributed by atoms with Gasteiger partial charge in [0.25, 0.3) is 0 Å². The van der Waals surface area contributed by atoms with Gasteiger partial charge in [0.15, 0.2) is 0 Å². The fourth-order valence-electron chi connectivity index (χ4n) is 2.21. The Hall–Kier alpha value is -2.02. The molecule has 2 aromatic heterocycles. The third-order valence-corrected chi connectivity index (χ3v) is 4.00. The fourth-order valence-corrected chi connectivity index (χ4v) is 2.69. The van der Waals surface area contributed by atoms with E-state index < -0.39 is 0 Å². The van der Waals surface area contributed by atoms with E-state index in [0.29, 0.717) is 6.54 Å². The van der Waals surface area contributed by atoms with Crippen LogP contribution >= 0.6 is 15.9 Å². The smallest absolute Gasteiger partial charge is 0.323 e. The predicted molar refractivity (Wildman–Crippen MR) is 82.0 cm³/mol. The van der Waals surface area contributed by atoms with Crippen molar-refractivity contribution in [2.24, 2.45) is 0 Å². The van der Waals surface area contributed by atoms with Gasteiger partial charge in [-0.3, -0.25) is 5.10 Å². The molecule has 0 atom stereocenters. The molecule has 2 heterocycles. The maximum Gasteiger partial charge on any atom is 0.323 e. The summed E-state index contributed by atoms with van der Waals surface area (Å²) in [5.41, 5.74) is 5.48. The van der Waals surface area contributed by atoms with Gasteiger partial charge in [0.1, 0.15) is 0 Å². The van der Waals surface area contributed by atoms with Gasteiger partial charge in [0, 0.05) is 22.3 Å². The Morgan fingerprint density at radius 1 is 1.25 bits per heavy atom. The number of benzene rings is 1. The molecule has 3 rings (SSSR count). The highest BCUT2D eigenvalue weighted by molar-refractivity contribution is 9.10. The minimum atomic E-state index is -0.203. The summed E-state index contributed by atoms with van der Waals surface area (Å²) < 4.78 is 0.902. The lowest BCUT2D eigenvalue weighted by molar-refractivity contribution is 1.02. The molecule has 0 unspecified atom stereocenters. The summed E-state index contributed by atoms with van der Waals surface area (Å²) in [6.45, 7) is 4.65. The van der Waals surface area contributed by atoms with Gasteiger partial charge in [-0.05, 0) is 41.9 Å². The number of imidazole rings is 1. The highest BCUT2D eigenvalue weighted by atomic mass is 79.9. The van der Waals surface area contributed by atoms with E-state index in [2.05, 4.69) is 41.4 Å². The maximum absolute atomic E-state index is 11.3. The van der Waals surface area contributed by atoms with Gasteiger partial charge in [-0.1, -0.05) is 0 Å². The van der Waals surface area contributed by atoms with Crippen LogP contribution in [0.2, 0.25) is 0 Å². The Balaban J connectivity index is 1.91. The number of nitrogens with one attached hydrogen (secondary N) is 4. The molecule has 0 bridgehead atoms. The number of aromatic amines is 3. The van der Waals surface area contributed by atoms with Crippen molar-refractivity contribution in [3.05, 3.63) is 44.0 Å². The molecule has 104 valence electrons. The molecular weight excluding hydrogens is 322 g/mol. The average molecular weight is 336 g/mol. The zero-order chi connectivity index (χ0) is 14.3. The van der Waals surface area contributed by atoms with Crippen molar-refractivity contribution in [1.82, 2.24) is 20.2 Å². The van der Waals surface area contributed by atoms with Crippen LogP contribution in [0.25, 0.3) is 11.0 Å². The van der Waals surface area contributed by atoms with E-state index in [1.165, 1.54) is 0 Å². The maximum atomic E-state index is 11.3. The number of anilines is 1. The molecule has 0 aliphatic rings. The Labute approximate surface area is 123 Å². The van der Waals surface area contributed by atoms with E-state index in [1.54, 1.807) is 0 Å². The number of hydrogen-bond acceptors (Lipinski definition) is 3. The van der Waals surface area contributed by atoms with Crippen molar-refractivity contribution in [2.75, 3.05) is 5.32 Å². The zero-order valence-electron chi connectivity index (χ0n) is 11.1. The number of H-pyrrole nitrogens is 3. The number of halogens is 1. The molecule has 3 aromatic rings. The minimum Gasteiger partial charge on any atom is -0.380 e. The number of fused-ring (bicyclic) bond motifs is 1. The summed E-state index contributed by atoms with van der Waals surface area (Å²) in [6.07, 6.45) is 0. The average Bonchev–Trinajstić information content (AvgIpc) is 2.89. The summed E-state index contributed by atoms with van der Waals surface area (Å²) in [4.78, 5) is 16.8. The second-order valence-electron chi connectivity index (χ2n) is 4.72. The molecule has 1 aromatic carbocycles. The highest BCUT2D eigenvalue weighted by Crippen LogP contribution is 2.27. The first-order valence-corrected chi connectivity index (χ1v) is 7.00. The van der Waals surface area contributed by atoms with E-state index >= 15 is 0 Å². The lowest BCUT2D eigenvalue weighted by atomic mass is 10.2. The van der Waals surface area contributed by atoms with Crippen molar-refractivity contribution in [1.29, 1.82) is 0 Å². The summed E-state index contributed by atoms with van der Waals surface area (Å²) in [7, 11) is 0. The van der Waals surface area contributed by atoms with Crippen LogP contribution in [0.15, 0.2) is 21.4 Å². The summed E-state index contributed by atoms with van der Waals surface area (Å²) in [5, 5.41) is 10.5. The van der Waals surface area contributed by atoms with Crippen molar-refractivity contribution in [2.45, 2.75) is 20.4 Å². The third kappa shape index (κ3) is 2.24. The van der Waals surface area contributed by atoms with Crippen molar-refractivity contribution < 1.29 is 0 Å². The Kier molecular flexibility index (Phi) is 3.13. The van der Waals surface area contributed by atoms with Gasteiger partial charge in [0.05, 0.1) is 22.4 Å². The lowest BCUT2D eigenvalue weighted by Gasteiger charge is -2.09. The topological polar surface area (TPSA) is 89.4 Å². The van der Waals surface area contributed by atoms with E-state index in [-0.39, 0.29) is 5.69 Å². The number of aromatic nitrogens is 4. The molecule has 0 aliphatic heterocycles. The first-order valence-electron chi connectivity index (χ1n) is 6.20. The van der Waals surface area contributed by atoms with Crippen molar-refractivity contribution in [3.63, 3.8) is 0 Å². The van der Waals surface area contributed by atoms with Crippen LogP contribution in [0, 0.1) is 13.8 Å². The van der Waals surface area contributed by atoms with Crippen molar-refractivity contribution >= 4 is 32.7 Å². The van der Waals surface area contributed by atoms with E-state index in [1.807, 2.05) is 26.0 Å². The quantitative estimate of drug-likeness (QED) is 0.593. The monoisotopic (exact) mass is 335 g/mol. The van der Waals surface area contributed by atoms with Gasteiger partial charge < -0.3 is 15.3 Å². The van der Waals surface area contributed by atoms with E-state index in [0.717, 1.165) is 38.1 Å². The molecule has 6 nitrogen and oxygen atoms in total. The van der Waals surface area contributed by atoms with Crippen LogP contribution in [0.4, 0.5) is 5.69 Å². The first-order chi connectivity index (χ1) is 9.54. The second-order valence-corrected chi connectivity index (χ2v) is 5.58. The zero-order valence-corrected chi connectivity index (χ0v) is 12.7. The van der Waals surface area contributed by atoms with Gasteiger partial charge in [-0.25, -0.2) is 4.79 Å². The molecule has 20 heavy (non-hydrogen) atoms. The summed E-state index contributed by atoms with van der Waals surface area (Å²) in [6, 6.07) is 3.78. The van der Waals surface area contributed by atoms with Gasteiger partial charge >= 0.3 is 5.69 Å². The molecule has 0 amide bonds. The number of hydrogen-bond donors (Lipinski definition) is 4. The molecule has 0 aliphatic carbocycles. The first kappa shape index (κ1) is 13.0. The molecule has 0 radical (unpaired) electrons. The Morgan fingerprint density at radius 3 is 2.60 bits per heavy atom. The lowest BCUT2D eigenvalue weighted by Crippen LogP contribution is -2.02. The molecule has 0 fully saturated rings. The molecule has 0 spiro atoms. The van der Waals surface area contributed by atoms with Crippen LogP contribution in [0.1, 0.15) is 17.0 Å². The van der Waals surface area contributed by atoms with Crippen LogP contribution in [-0.2, 0) is 6.54 Å². The van der Waals surface area contributed by atoms with Gasteiger partial charge in [0.2, 0.25) is 0 Å². The minimum absolute atomic E-state index is 0.203. The van der Waals surface area contributed by atoms with Crippen LogP contribution in [0.3, 0.4) is 0 Å². The number of nitrogens with zero attached hydrogens (tertiary/aromatic N) is 1. The van der Waals surface area contributed by atoms with Gasteiger partial charge in [-0.2, -0.15) is 5.10 Å². The molecule has 7 heteroatoms. The standard InChI is InChI=1S/C13H14BrN5O/c1-6-8(7(2)19-18-6)5-15-10-4-12-11(3-9(10)14)16-13(20)17-12/h3-4,15H,5H2,1-2H3,(H,18,19)(H2,16,17,20). The largest absolute Gasteiger partial charge is 0.380 e. The van der Waals surface area contributed by atoms with Crippen LogP contribution in [-0.4, -0.2) is 20.2 Å². The fraction of sp³-hybridized carbons (Fsp3) is 0.231. The molecule has 4 N–H and O–H groups in total. The molecular formula is C13H14BrN5O. The van der Waals surface area contributed by atoms with Crippen LogP contribution in [0.5, 0.6) is 0 Å². The SMILES string of the molecule is Cc1n[nH]c(C)c1CNc1cc2[nH]c(=O)[nH]c2cc1Br. The second kappa shape index (κ2) is 4.82. The Morgan fingerprint density at radius 2 is 1.95 bits per heavy atom. The molecule has 0 saturated heterocycles. The third-order valence-electron chi connectivity index (χ3n) is 3.34. The number of aryl methyl sites for hydroxylation is 2. The van der Waals surface area contributed by atoms with Crippen molar-refractivity contribution in [3.8, 4) is 0 Å². The van der Waals surface area contributed by atoms with E-state index in [9.17, 15) is 4.79 Å². The van der Waals surface area contributed by atoms with Crippen LogP contribution < -0.4 is 11.0 Å².